The molecule has 1 saturated heterocycles. The number of carbonyl (C=O) groups excluding carboxylic acids is 4. The lowest BCUT2D eigenvalue weighted by Crippen LogP contribution is -2.62. The summed E-state index contributed by atoms with van der Waals surface area (Å²) in [4.78, 5) is 59.9. The van der Waals surface area contributed by atoms with E-state index in [1.807, 2.05) is 62.3 Å². The first-order valence-electron chi connectivity index (χ1n) is 18.5. The molecule has 0 spiro atoms. The zero-order chi connectivity index (χ0) is 38.1. The van der Waals surface area contributed by atoms with Gasteiger partial charge in [-0.05, 0) is 90.3 Å². The number of hydroxylamine groups is 2. The highest BCUT2D eigenvalue weighted by atomic mass is 16.7. The first kappa shape index (κ1) is 39.2. The quantitative estimate of drug-likeness (QED) is 0.227. The highest BCUT2D eigenvalue weighted by Gasteiger charge is 2.57. The molecule has 3 amide bonds. The number of hydrogen-bond acceptors (Lipinski definition) is 9. The fraction of sp³-hybridized carbons (Fsp3) is 0.600. The molecule has 3 saturated carbocycles. The minimum absolute atomic E-state index is 0.0152. The summed E-state index contributed by atoms with van der Waals surface area (Å²) in [6.45, 7) is 10.8. The molecule has 1 heterocycles. The van der Waals surface area contributed by atoms with Crippen molar-refractivity contribution < 1.29 is 33.9 Å². The van der Waals surface area contributed by atoms with E-state index in [-0.39, 0.29) is 55.1 Å². The first-order valence-corrected chi connectivity index (χ1v) is 18.5. The van der Waals surface area contributed by atoms with Crippen molar-refractivity contribution in [3.63, 3.8) is 0 Å². The maximum absolute atomic E-state index is 14.4. The summed E-state index contributed by atoms with van der Waals surface area (Å²) >= 11 is 0. The van der Waals surface area contributed by atoms with Gasteiger partial charge in [0.05, 0.1) is 26.2 Å². The van der Waals surface area contributed by atoms with Gasteiger partial charge in [-0.1, -0.05) is 39.0 Å². The maximum Gasteiger partial charge on any atom is 0.306 e. The minimum atomic E-state index is -0.932. The molecule has 6 rings (SSSR count). The summed E-state index contributed by atoms with van der Waals surface area (Å²) in [6, 6.07) is 10.9. The Morgan fingerprint density at radius 2 is 1.85 bits per heavy atom. The van der Waals surface area contributed by atoms with Gasteiger partial charge in [0, 0.05) is 57.3 Å². The van der Waals surface area contributed by atoms with Crippen LogP contribution in [0.25, 0.3) is 11.1 Å². The van der Waals surface area contributed by atoms with E-state index in [2.05, 4.69) is 41.5 Å². The number of benzene rings is 2. The third kappa shape index (κ3) is 7.99. The number of amides is 3. The van der Waals surface area contributed by atoms with Gasteiger partial charge in [-0.25, -0.2) is 0 Å². The van der Waals surface area contributed by atoms with Gasteiger partial charge in [-0.2, -0.15) is 5.06 Å². The Kier molecular flexibility index (Phi) is 12.0. The number of rotatable bonds is 13. The lowest BCUT2D eigenvalue weighted by atomic mass is 9.45. The number of nitrogens with zero attached hydrogens (tertiary/aromatic N) is 2. The largest absolute Gasteiger partial charge is 0.469 e. The van der Waals surface area contributed by atoms with Crippen molar-refractivity contribution in [2.24, 2.45) is 29.1 Å². The van der Waals surface area contributed by atoms with Gasteiger partial charge in [0.1, 0.15) is 12.1 Å². The van der Waals surface area contributed by atoms with Gasteiger partial charge in [0.15, 0.2) is 0 Å². The Morgan fingerprint density at radius 3 is 2.46 bits per heavy atom. The van der Waals surface area contributed by atoms with E-state index in [4.69, 9.17) is 4.84 Å². The highest BCUT2D eigenvalue weighted by Crippen LogP contribution is 2.61. The van der Waals surface area contributed by atoms with Crippen LogP contribution in [0.4, 0.5) is 5.69 Å². The normalized spacial score (nSPS) is 26.8. The fourth-order valence-electron chi connectivity index (χ4n) is 8.76. The van der Waals surface area contributed by atoms with Crippen LogP contribution in [0.1, 0.15) is 74.9 Å². The Labute approximate surface area is 307 Å². The monoisotopic (exact) mass is 719 g/mol. The van der Waals surface area contributed by atoms with Crippen molar-refractivity contribution in [2.45, 2.75) is 91.1 Å². The molecule has 1 unspecified atom stereocenters. The number of hydrogen-bond donors (Lipinski definition) is 4. The zero-order valence-corrected chi connectivity index (χ0v) is 32.1. The van der Waals surface area contributed by atoms with Gasteiger partial charge in [0.25, 0.3) is 5.91 Å². The van der Waals surface area contributed by atoms with E-state index in [0.29, 0.717) is 23.3 Å². The average Bonchev–Trinajstić information content (AvgIpc) is 3.48. The van der Waals surface area contributed by atoms with Gasteiger partial charge in [0.2, 0.25) is 11.8 Å². The molecule has 12 heteroatoms. The van der Waals surface area contributed by atoms with Crippen LogP contribution >= 0.6 is 0 Å². The number of anilines is 1. The molecule has 4 fully saturated rings. The second-order valence-electron chi connectivity index (χ2n) is 15.8. The van der Waals surface area contributed by atoms with E-state index < -0.39 is 30.1 Å². The number of methoxy groups -OCH3 is 1. The molecule has 2 aromatic carbocycles. The van der Waals surface area contributed by atoms with E-state index >= 15 is 0 Å². The molecule has 0 radical (unpaired) electrons. The highest BCUT2D eigenvalue weighted by molar-refractivity contribution is 5.97. The summed E-state index contributed by atoms with van der Waals surface area (Å²) in [5, 5.41) is 21.8. The second kappa shape index (κ2) is 15.9. The molecule has 52 heavy (non-hydrogen) atoms. The van der Waals surface area contributed by atoms with Crippen molar-refractivity contribution in [3.05, 3.63) is 53.1 Å². The molecule has 2 bridgehead atoms. The van der Waals surface area contributed by atoms with E-state index in [1.165, 1.54) is 13.5 Å². The third-order valence-electron chi connectivity index (χ3n) is 12.2. The number of nitrogens with one attached hydrogen (secondary N) is 3. The SMILES string of the molecule is CNC(=O)c1cc(-c2cccc(CN3O[C@@H](CNC(=O)CCC(=O)OC)[C@@H]([C@H](C)O)[C@H]3C(=O)NC3C[C@H]4C[C@@H]([C@@H]3C)C4(C)C)c2C)cc(N(C)C)c1. The van der Waals surface area contributed by atoms with Crippen molar-refractivity contribution >= 4 is 29.4 Å². The number of aliphatic hydroxyl groups is 1. The Morgan fingerprint density at radius 1 is 1.12 bits per heavy atom. The summed E-state index contributed by atoms with van der Waals surface area (Å²) in [5.74, 6) is -0.472. The molecule has 1 aliphatic heterocycles. The predicted molar refractivity (Wildman–Crippen MR) is 199 cm³/mol. The molecule has 12 nitrogen and oxygen atoms in total. The van der Waals surface area contributed by atoms with Crippen molar-refractivity contribution in [1.82, 2.24) is 21.0 Å². The minimum Gasteiger partial charge on any atom is -0.469 e. The van der Waals surface area contributed by atoms with Gasteiger partial charge in [-0.3, -0.25) is 24.0 Å². The van der Waals surface area contributed by atoms with Crippen LogP contribution in [0.3, 0.4) is 0 Å². The van der Waals surface area contributed by atoms with E-state index in [9.17, 15) is 24.3 Å². The van der Waals surface area contributed by atoms with Gasteiger partial charge < -0.3 is 30.7 Å². The van der Waals surface area contributed by atoms with Crippen molar-refractivity contribution in [2.75, 3.05) is 39.7 Å². The maximum atomic E-state index is 14.4. The Hall–Kier alpha value is -4.00. The molecule has 4 aliphatic rings. The summed E-state index contributed by atoms with van der Waals surface area (Å²) in [5.41, 5.74) is 5.37. The standard InChI is InChI=1S/C40H57N5O7/c1-22-25(11-10-12-30(22)26-15-27(38(49)41-6)17-29(16-26)44(7)8)21-45-37(39(50)43-32-19-28-18-31(23(32)2)40(28,4)5)36(24(3)46)33(52-45)20-42-34(47)13-14-35(48)51-9/h10-12,15-17,23-24,28,31-33,36-37,46H,13-14,18-21H2,1-9H3,(H,41,49)(H,42,47)(H,43,50)/t23-,24-,28+,31-,32?,33-,36+,37-/m0/s1. The van der Waals surface area contributed by atoms with Crippen molar-refractivity contribution in [3.8, 4) is 11.1 Å². The van der Waals surface area contributed by atoms with E-state index in [0.717, 1.165) is 34.4 Å². The van der Waals surface area contributed by atoms with Crippen LogP contribution in [-0.2, 0) is 30.5 Å². The molecule has 0 aromatic heterocycles. The van der Waals surface area contributed by atoms with Crippen LogP contribution in [0.15, 0.2) is 36.4 Å². The van der Waals surface area contributed by atoms with Crippen LogP contribution in [-0.4, -0.2) is 92.9 Å². The molecule has 3 aliphatic carbocycles. The van der Waals surface area contributed by atoms with Crippen LogP contribution in [0, 0.1) is 36.0 Å². The molecular weight excluding hydrogens is 662 g/mol. The number of aliphatic hydroxyl groups excluding tert-OH is 1. The van der Waals surface area contributed by atoms with Crippen LogP contribution < -0.4 is 20.9 Å². The third-order valence-corrected chi connectivity index (χ3v) is 12.2. The topological polar surface area (TPSA) is 150 Å². The smallest absolute Gasteiger partial charge is 0.306 e. The number of carbonyl (C=O) groups is 4. The molecule has 8 atom stereocenters. The first-order chi connectivity index (χ1) is 24.6. The van der Waals surface area contributed by atoms with Crippen LogP contribution in [0.2, 0.25) is 0 Å². The molecule has 4 N–H and O–H groups in total. The molecular formula is C40H57N5O7. The summed E-state index contributed by atoms with van der Waals surface area (Å²) < 4.78 is 4.66. The Balaban J connectivity index is 1.44. The number of esters is 1. The zero-order valence-electron chi connectivity index (χ0n) is 32.1. The Bertz CT molecular complexity index is 1660. The average molecular weight is 720 g/mol. The number of ether oxygens (including phenoxy) is 1. The van der Waals surface area contributed by atoms with Gasteiger partial charge in [-0.15, -0.1) is 0 Å². The second-order valence-corrected chi connectivity index (χ2v) is 15.8. The summed E-state index contributed by atoms with van der Waals surface area (Å²) in [6.07, 6.45) is 0.357. The van der Waals surface area contributed by atoms with Crippen molar-refractivity contribution in [1.29, 1.82) is 0 Å². The van der Waals surface area contributed by atoms with Gasteiger partial charge >= 0.3 is 5.97 Å². The fourth-order valence-corrected chi connectivity index (χ4v) is 8.76. The lowest BCUT2D eigenvalue weighted by Gasteiger charge is -2.62. The molecule has 284 valence electrons. The lowest BCUT2D eigenvalue weighted by molar-refractivity contribution is -0.177. The van der Waals surface area contributed by atoms with E-state index in [1.54, 1.807) is 19.0 Å². The summed E-state index contributed by atoms with van der Waals surface area (Å²) in [7, 11) is 6.75. The predicted octanol–water partition coefficient (Wildman–Crippen LogP) is 3.83. The number of fused-ring (bicyclic) bond motifs is 2. The molecule has 2 aromatic rings. The van der Waals surface area contributed by atoms with Crippen LogP contribution in [0.5, 0.6) is 0 Å².